The lowest BCUT2D eigenvalue weighted by atomic mass is 9.96. The summed E-state index contributed by atoms with van der Waals surface area (Å²) in [7, 11) is 0. The van der Waals surface area contributed by atoms with E-state index in [-0.39, 0.29) is 6.04 Å². The molecule has 0 saturated carbocycles. The lowest BCUT2D eigenvalue weighted by Crippen LogP contribution is -2.12. The summed E-state index contributed by atoms with van der Waals surface area (Å²) in [5, 5.41) is 8.66. The van der Waals surface area contributed by atoms with Crippen LogP contribution in [0.4, 0.5) is 0 Å². The van der Waals surface area contributed by atoms with E-state index in [9.17, 15) is 0 Å². The van der Waals surface area contributed by atoms with Crippen molar-refractivity contribution in [1.29, 1.82) is 5.26 Å². The van der Waals surface area contributed by atoms with Crippen molar-refractivity contribution in [1.82, 2.24) is 0 Å². The molecule has 2 nitrogen and oxygen atoms in total. The average Bonchev–Trinajstić information content (AvgIpc) is 2.19. The Hall–Kier alpha value is -1.33. The molecule has 0 spiro atoms. The monoisotopic (exact) mass is 188 g/mol. The fourth-order valence-corrected chi connectivity index (χ4v) is 1.61. The maximum Gasteiger partial charge on any atom is 0.0669 e. The molecule has 0 aliphatic carbocycles. The Bertz CT molecular complexity index is 325. The zero-order valence-corrected chi connectivity index (χ0v) is 8.53. The fraction of sp³-hybridized carbons (Fsp3) is 0.417. The molecule has 0 saturated heterocycles. The van der Waals surface area contributed by atoms with Gasteiger partial charge in [0.15, 0.2) is 0 Å². The van der Waals surface area contributed by atoms with Gasteiger partial charge in [-0.3, -0.25) is 0 Å². The average molecular weight is 188 g/mol. The Morgan fingerprint density at radius 3 is 2.79 bits per heavy atom. The second kappa shape index (κ2) is 5.41. The molecule has 1 atom stereocenters. The van der Waals surface area contributed by atoms with Crippen LogP contribution in [0.2, 0.25) is 0 Å². The van der Waals surface area contributed by atoms with Crippen molar-refractivity contribution in [2.24, 2.45) is 5.73 Å². The van der Waals surface area contributed by atoms with Crippen molar-refractivity contribution in [3.63, 3.8) is 0 Å². The summed E-state index contributed by atoms with van der Waals surface area (Å²) in [6, 6.07) is 10.2. The molecule has 2 heteroatoms. The van der Waals surface area contributed by atoms with E-state index < -0.39 is 0 Å². The lowest BCUT2D eigenvalue weighted by molar-refractivity contribution is 0.634. The second-order valence-corrected chi connectivity index (χ2v) is 3.43. The van der Waals surface area contributed by atoms with Gasteiger partial charge in [-0.25, -0.2) is 0 Å². The van der Waals surface area contributed by atoms with Gasteiger partial charge in [-0.2, -0.15) is 5.26 Å². The maximum atomic E-state index is 8.66. The van der Waals surface area contributed by atoms with Crippen molar-refractivity contribution in [2.45, 2.75) is 32.2 Å². The van der Waals surface area contributed by atoms with Gasteiger partial charge < -0.3 is 5.73 Å². The molecule has 0 bridgehead atoms. The van der Waals surface area contributed by atoms with E-state index >= 15 is 0 Å². The quantitative estimate of drug-likeness (QED) is 0.789. The molecule has 1 aromatic rings. The predicted molar refractivity (Wildman–Crippen MR) is 57.6 cm³/mol. The van der Waals surface area contributed by atoms with Crippen LogP contribution in [-0.4, -0.2) is 0 Å². The topological polar surface area (TPSA) is 49.8 Å². The summed E-state index contributed by atoms with van der Waals surface area (Å²) in [6.45, 7) is 2.12. The van der Waals surface area contributed by atoms with Gasteiger partial charge in [0.1, 0.15) is 0 Å². The number of hydrogen-bond donors (Lipinski definition) is 1. The van der Waals surface area contributed by atoms with E-state index in [2.05, 4.69) is 13.0 Å². The summed E-state index contributed by atoms with van der Waals surface area (Å²) in [6.07, 6.45) is 2.50. The third kappa shape index (κ3) is 2.58. The van der Waals surface area contributed by atoms with Crippen LogP contribution in [0, 0.1) is 11.3 Å². The number of benzene rings is 1. The first-order valence-corrected chi connectivity index (χ1v) is 5.00. The normalized spacial score (nSPS) is 12.1. The van der Waals surface area contributed by atoms with Gasteiger partial charge >= 0.3 is 0 Å². The highest BCUT2D eigenvalue weighted by atomic mass is 14.6. The zero-order valence-electron chi connectivity index (χ0n) is 8.53. The fourth-order valence-electron chi connectivity index (χ4n) is 1.61. The smallest absolute Gasteiger partial charge is 0.0669 e. The summed E-state index contributed by atoms with van der Waals surface area (Å²) in [5.41, 5.74) is 8.21. The summed E-state index contributed by atoms with van der Waals surface area (Å²) < 4.78 is 0. The lowest BCUT2D eigenvalue weighted by Gasteiger charge is -2.13. The molecule has 0 aliphatic heterocycles. The zero-order chi connectivity index (χ0) is 10.4. The molecule has 0 amide bonds. The van der Waals surface area contributed by atoms with Gasteiger partial charge in [0.2, 0.25) is 0 Å². The molecule has 14 heavy (non-hydrogen) atoms. The number of rotatable bonds is 4. The first-order chi connectivity index (χ1) is 6.79. The molecule has 74 valence electrons. The Morgan fingerprint density at radius 1 is 1.43 bits per heavy atom. The Morgan fingerprint density at radius 2 is 2.14 bits per heavy atom. The number of hydrogen-bond acceptors (Lipinski definition) is 2. The third-order valence-corrected chi connectivity index (χ3v) is 2.32. The minimum Gasteiger partial charge on any atom is -0.324 e. The first kappa shape index (κ1) is 10.7. The number of nitrogens with zero attached hydrogens (tertiary/aromatic N) is 1. The minimum absolute atomic E-state index is 0.0737. The largest absolute Gasteiger partial charge is 0.324 e. The van der Waals surface area contributed by atoms with Crippen molar-refractivity contribution in [3.8, 4) is 6.07 Å². The predicted octanol–water partition coefficient (Wildman–Crippen LogP) is 2.55. The van der Waals surface area contributed by atoms with E-state index in [0.29, 0.717) is 6.42 Å². The maximum absolute atomic E-state index is 8.66. The third-order valence-electron chi connectivity index (χ3n) is 2.32. The highest BCUT2D eigenvalue weighted by molar-refractivity contribution is 5.31. The molecule has 2 N–H and O–H groups in total. The standard InChI is InChI=1S/C12H16N2/c1-2-5-12(14)11-7-4-3-6-10(11)8-9-13/h3-4,6-7,12H,2,5,8,14H2,1H3. The molecular weight excluding hydrogens is 172 g/mol. The van der Waals surface area contributed by atoms with Gasteiger partial charge in [0.25, 0.3) is 0 Å². The van der Waals surface area contributed by atoms with E-state index in [1.165, 1.54) is 0 Å². The summed E-state index contributed by atoms with van der Waals surface area (Å²) in [4.78, 5) is 0. The molecule has 0 aromatic heterocycles. The summed E-state index contributed by atoms with van der Waals surface area (Å²) >= 11 is 0. The van der Waals surface area contributed by atoms with E-state index in [0.717, 1.165) is 24.0 Å². The van der Waals surface area contributed by atoms with Crippen LogP contribution in [0.5, 0.6) is 0 Å². The molecule has 1 rings (SSSR count). The highest BCUT2D eigenvalue weighted by Gasteiger charge is 2.08. The van der Waals surface area contributed by atoms with Crippen molar-refractivity contribution in [3.05, 3.63) is 35.4 Å². The van der Waals surface area contributed by atoms with Crippen molar-refractivity contribution in [2.75, 3.05) is 0 Å². The van der Waals surface area contributed by atoms with Gasteiger partial charge in [-0.15, -0.1) is 0 Å². The van der Waals surface area contributed by atoms with Gasteiger partial charge in [0.05, 0.1) is 12.5 Å². The van der Waals surface area contributed by atoms with Gasteiger partial charge in [-0.1, -0.05) is 37.6 Å². The van der Waals surface area contributed by atoms with Crippen LogP contribution < -0.4 is 5.73 Å². The molecule has 1 aromatic carbocycles. The van der Waals surface area contributed by atoms with Crippen LogP contribution in [0.3, 0.4) is 0 Å². The SMILES string of the molecule is CCCC(N)c1ccccc1CC#N. The summed E-state index contributed by atoms with van der Waals surface area (Å²) in [5.74, 6) is 0. The Kier molecular flexibility index (Phi) is 4.15. The molecular formula is C12H16N2. The van der Waals surface area contributed by atoms with Crippen molar-refractivity contribution < 1.29 is 0 Å². The Balaban J connectivity index is 2.89. The number of nitrogens with two attached hydrogens (primary N) is 1. The molecule has 0 heterocycles. The van der Waals surface area contributed by atoms with Crippen LogP contribution in [0.1, 0.15) is 36.9 Å². The molecule has 0 radical (unpaired) electrons. The second-order valence-electron chi connectivity index (χ2n) is 3.43. The molecule has 0 fully saturated rings. The van der Waals surface area contributed by atoms with Gasteiger partial charge in [0, 0.05) is 6.04 Å². The van der Waals surface area contributed by atoms with E-state index in [1.54, 1.807) is 0 Å². The molecule has 1 unspecified atom stereocenters. The Labute approximate surface area is 85.4 Å². The van der Waals surface area contributed by atoms with Crippen LogP contribution in [-0.2, 0) is 6.42 Å². The van der Waals surface area contributed by atoms with Crippen LogP contribution in [0.15, 0.2) is 24.3 Å². The van der Waals surface area contributed by atoms with E-state index in [4.69, 9.17) is 11.0 Å². The van der Waals surface area contributed by atoms with Crippen LogP contribution in [0.25, 0.3) is 0 Å². The van der Waals surface area contributed by atoms with Crippen LogP contribution >= 0.6 is 0 Å². The molecule has 0 aliphatic rings. The first-order valence-electron chi connectivity index (χ1n) is 5.00. The minimum atomic E-state index is 0.0737. The van der Waals surface area contributed by atoms with E-state index in [1.807, 2.05) is 24.3 Å². The van der Waals surface area contributed by atoms with Crippen molar-refractivity contribution >= 4 is 0 Å². The number of nitriles is 1. The highest BCUT2D eigenvalue weighted by Crippen LogP contribution is 2.20. The van der Waals surface area contributed by atoms with Gasteiger partial charge in [-0.05, 0) is 17.5 Å².